The van der Waals surface area contributed by atoms with Crippen molar-refractivity contribution in [2.45, 2.75) is 19.5 Å². The minimum Gasteiger partial charge on any atom is -0.378 e. The number of anilines is 1. The van der Waals surface area contributed by atoms with E-state index in [-0.39, 0.29) is 30.7 Å². The topological polar surface area (TPSA) is 80.5 Å². The zero-order chi connectivity index (χ0) is 17.6. The van der Waals surface area contributed by atoms with Gasteiger partial charge in [-0.2, -0.15) is 0 Å². The Morgan fingerprint density at radius 2 is 1.89 bits per heavy atom. The molecule has 1 aliphatic heterocycles. The second kappa shape index (κ2) is 11.1. The Hall–Kier alpha value is -1.86. The predicted molar refractivity (Wildman–Crippen MR) is 112 cm³/mol. The summed E-state index contributed by atoms with van der Waals surface area (Å²) in [6.07, 6.45) is 1.77. The van der Waals surface area contributed by atoms with Gasteiger partial charge in [0.2, 0.25) is 5.91 Å². The first-order valence-electron chi connectivity index (χ1n) is 8.51. The zero-order valence-corrected chi connectivity index (χ0v) is 16.9. The van der Waals surface area contributed by atoms with Gasteiger partial charge in [0, 0.05) is 25.8 Å². The Balaban J connectivity index is 0.00000182. The average molecular weight is 413 g/mol. The molecule has 1 aromatic heterocycles. The third-order valence-corrected chi connectivity index (χ3v) is 4.33. The largest absolute Gasteiger partial charge is 0.378 e. The lowest BCUT2D eigenvalue weighted by molar-refractivity contribution is -0.122. The molecule has 2 heterocycles. The molecule has 6 nitrogen and oxygen atoms in total. The summed E-state index contributed by atoms with van der Waals surface area (Å²) in [6.45, 7) is 5.54. The highest BCUT2D eigenvalue weighted by Gasteiger charge is 2.16. The number of rotatable bonds is 5. The van der Waals surface area contributed by atoms with Crippen LogP contribution in [0.2, 0.25) is 0 Å². The van der Waals surface area contributed by atoms with E-state index in [0.717, 1.165) is 35.6 Å². The molecule has 2 aromatic rings. The van der Waals surface area contributed by atoms with E-state index in [0.29, 0.717) is 19.8 Å². The molecule has 1 aliphatic rings. The molecule has 3 N–H and O–H groups in total. The molecule has 1 unspecified atom stereocenters. The summed E-state index contributed by atoms with van der Waals surface area (Å²) in [5.41, 5.74) is 9.01. The van der Waals surface area contributed by atoms with Crippen LogP contribution in [0.25, 0.3) is 0 Å². The summed E-state index contributed by atoms with van der Waals surface area (Å²) in [7, 11) is 0. The third kappa shape index (κ3) is 6.36. The van der Waals surface area contributed by atoms with Crippen LogP contribution in [0.1, 0.15) is 22.7 Å². The normalized spacial score (nSPS) is 14.5. The maximum absolute atomic E-state index is 12.3. The fraction of sp³-hybridized carbons (Fsp3) is 0.368. The number of nitrogens with one attached hydrogen (secondary N) is 1. The molecular formula is C19H26Cl2N4O2. The van der Waals surface area contributed by atoms with Gasteiger partial charge in [-0.05, 0) is 30.2 Å². The van der Waals surface area contributed by atoms with Crippen molar-refractivity contribution in [2.75, 3.05) is 31.2 Å². The predicted octanol–water partition coefficient (Wildman–Crippen LogP) is 2.39. The number of aryl methyl sites for hydroxylation is 1. The minimum atomic E-state index is -0.666. The molecule has 27 heavy (non-hydrogen) atoms. The Morgan fingerprint density at radius 1 is 1.22 bits per heavy atom. The molecule has 0 bridgehead atoms. The van der Waals surface area contributed by atoms with Gasteiger partial charge in [-0.25, -0.2) is 4.98 Å². The molecule has 1 atom stereocenters. The summed E-state index contributed by atoms with van der Waals surface area (Å²) in [4.78, 5) is 18.9. The van der Waals surface area contributed by atoms with Gasteiger partial charge in [0.1, 0.15) is 11.9 Å². The van der Waals surface area contributed by atoms with Crippen LogP contribution >= 0.6 is 24.8 Å². The number of benzene rings is 1. The Kier molecular flexibility index (Phi) is 9.52. The Morgan fingerprint density at radius 3 is 2.56 bits per heavy atom. The number of carbonyl (C=O) groups is 1. The smallest absolute Gasteiger partial charge is 0.241 e. The van der Waals surface area contributed by atoms with Crippen molar-refractivity contribution in [1.82, 2.24) is 10.3 Å². The van der Waals surface area contributed by atoms with Gasteiger partial charge in [-0.15, -0.1) is 24.8 Å². The van der Waals surface area contributed by atoms with Crippen molar-refractivity contribution in [3.8, 4) is 0 Å². The van der Waals surface area contributed by atoms with E-state index >= 15 is 0 Å². The van der Waals surface area contributed by atoms with Crippen molar-refractivity contribution >= 4 is 36.5 Å². The SMILES string of the molecule is Cc1ccc(C(N)C(=O)NCc2ccnc(N3CCOCC3)c2)cc1.Cl.Cl. The number of ether oxygens (including phenoxy) is 1. The highest BCUT2D eigenvalue weighted by atomic mass is 35.5. The highest BCUT2D eigenvalue weighted by Crippen LogP contribution is 2.15. The lowest BCUT2D eigenvalue weighted by Gasteiger charge is -2.28. The monoisotopic (exact) mass is 412 g/mol. The van der Waals surface area contributed by atoms with Gasteiger partial charge < -0.3 is 20.7 Å². The van der Waals surface area contributed by atoms with E-state index in [9.17, 15) is 4.79 Å². The third-order valence-electron chi connectivity index (χ3n) is 4.33. The van der Waals surface area contributed by atoms with E-state index in [1.165, 1.54) is 0 Å². The second-order valence-electron chi connectivity index (χ2n) is 6.23. The number of carbonyl (C=O) groups excluding carboxylic acids is 1. The average Bonchev–Trinajstić information content (AvgIpc) is 2.67. The number of pyridine rings is 1. The number of halogens is 2. The molecule has 0 radical (unpaired) electrons. The van der Waals surface area contributed by atoms with E-state index in [2.05, 4.69) is 15.2 Å². The molecule has 8 heteroatoms. The van der Waals surface area contributed by atoms with Crippen LogP contribution < -0.4 is 16.0 Å². The summed E-state index contributed by atoms with van der Waals surface area (Å²) >= 11 is 0. The molecule has 1 amide bonds. The van der Waals surface area contributed by atoms with Gasteiger partial charge in [0.25, 0.3) is 0 Å². The van der Waals surface area contributed by atoms with Gasteiger partial charge in [0.15, 0.2) is 0 Å². The number of nitrogens with zero attached hydrogens (tertiary/aromatic N) is 2. The van der Waals surface area contributed by atoms with Gasteiger partial charge in [-0.3, -0.25) is 4.79 Å². The van der Waals surface area contributed by atoms with E-state index in [1.807, 2.05) is 43.3 Å². The summed E-state index contributed by atoms with van der Waals surface area (Å²) in [5.74, 6) is 0.728. The molecular weight excluding hydrogens is 387 g/mol. The molecule has 148 valence electrons. The summed E-state index contributed by atoms with van der Waals surface area (Å²) < 4.78 is 5.37. The molecule has 1 aromatic carbocycles. The number of amides is 1. The Bertz CT molecular complexity index is 722. The van der Waals surface area contributed by atoms with Crippen molar-refractivity contribution in [3.63, 3.8) is 0 Å². The fourth-order valence-corrected chi connectivity index (χ4v) is 2.76. The lowest BCUT2D eigenvalue weighted by Crippen LogP contribution is -2.37. The van der Waals surface area contributed by atoms with Crippen LogP contribution in [-0.4, -0.2) is 37.2 Å². The first-order valence-corrected chi connectivity index (χ1v) is 8.51. The number of hydrogen-bond donors (Lipinski definition) is 2. The van der Waals surface area contributed by atoms with Crippen LogP contribution in [0, 0.1) is 6.92 Å². The molecule has 0 spiro atoms. The molecule has 0 aliphatic carbocycles. The van der Waals surface area contributed by atoms with Gasteiger partial charge in [-0.1, -0.05) is 29.8 Å². The zero-order valence-electron chi connectivity index (χ0n) is 15.3. The van der Waals surface area contributed by atoms with Crippen LogP contribution in [-0.2, 0) is 16.1 Å². The Labute approximate surface area is 172 Å². The van der Waals surface area contributed by atoms with Crippen LogP contribution in [0.5, 0.6) is 0 Å². The molecule has 0 saturated carbocycles. The van der Waals surface area contributed by atoms with Crippen molar-refractivity contribution in [2.24, 2.45) is 5.73 Å². The maximum atomic E-state index is 12.3. The van der Waals surface area contributed by atoms with E-state index < -0.39 is 6.04 Å². The highest BCUT2D eigenvalue weighted by molar-refractivity contribution is 5.85. The number of morpholine rings is 1. The maximum Gasteiger partial charge on any atom is 0.241 e. The first-order chi connectivity index (χ1) is 12.1. The van der Waals surface area contributed by atoms with E-state index in [1.54, 1.807) is 6.20 Å². The number of aromatic nitrogens is 1. The first kappa shape index (κ1) is 23.2. The van der Waals surface area contributed by atoms with Crippen molar-refractivity contribution in [3.05, 3.63) is 59.3 Å². The fourth-order valence-electron chi connectivity index (χ4n) is 2.76. The van der Waals surface area contributed by atoms with Crippen molar-refractivity contribution < 1.29 is 9.53 Å². The molecule has 3 rings (SSSR count). The summed E-state index contributed by atoms with van der Waals surface area (Å²) in [5, 5.41) is 2.91. The number of hydrogen-bond acceptors (Lipinski definition) is 5. The van der Waals surface area contributed by atoms with Crippen LogP contribution in [0.3, 0.4) is 0 Å². The van der Waals surface area contributed by atoms with Crippen LogP contribution in [0.4, 0.5) is 5.82 Å². The lowest BCUT2D eigenvalue weighted by atomic mass is 10.1. The van der Waals surface area contributed by atoms with E-state index in [4.69, 9.17) is 10.5 Å². The second-order valence-corrected chi connectivity index (χ2v) is 6.23. The van der Waals surface area contributed by atoms with Crippen molar-refractivity contribution in [1.29, 1.82) is 0 Å². The number of nitrogens with two attached hydrogens (primary N) is 1. The standard InChI is InChI=1S/C19H24N4O2.2ClH/c1-14-2-4-16(5-3-14)18(20)19(24)22-13-15-6-7-21-17(12-15)23-8-10-25-11-9-23;;/h2-7,12,18H,8-11,13,20H2,1H3,(H,22,24);2*1H. The quantitative estimate of drug-likeness (QED) is 0.787. The van der Waals surface area contributed by atoms with Gasteiger partial charge >= 0.3 is 0 Å². The van der Waals surface area contributed by atoms with Crippen LogP contribution in [0.15, 0.2) is 42.6 Å². The molecule has 1 saturated heterocycles. The minimum absolute atomic E-state index is 0. The van der Waals surface area contributed by atoms with Gasteiger partial charge in [0.05, 0.1) is 13.2 Å². The summed E-state index contributed by atoms with van der Waals surface area (Å²) in [6, 6.07) is 10.9. The molecule has 1 fully saturated rings.